The van der Waals surface area contributed by atoms with Crippen molar-refractivity contribution in [2.75, 3.05) is 0 Å². The number of oxazole rings is 1. The largest absolute Gasteiger partial charge is 0.435 e. The van der Waals surface area contributed by atoms with Gasteiger partial charge in [-0.15, -0.1) is 10.2 Å². The Morgan fingerprint density at radius 1 is 1.05 bits per heavy atom. The van der Waals surface area contributed by atoms with Crippen LogP contribution in [0.25, 0.3) is 45.1 Å². The van der Waals surface area contributed by atoms with Gasteiger partial charge in [-0.25, -0.2) is 9.37 Å². The number of halogens is 4. The van der Waals surface area contributed by atoms with E-state index in [0.29, 0.717) is 40.1 Å². The van der Waals surface area contributed by atoms with E-state index in [9.17, 15) is 22.7 Å². The standard InChI is InChI=1S/C30H27F4N5O2/c1-16(36-24-7-4-8-26(24)40)19-12-23(30(32,33)34)27-25(13-19)37-29(41-27)18-6-3-5-17(11-18)21-10-9-20(31)14-22(21)28-38-35-15-39(28)2/h3,5-6,9-16,24,26,36,40H,4,7-8H2,1-2H3/t16-,24+,26-/m0/s1. The van der Waals surface area contributed by atoms with Crippen LogP contribution in [0.5, 0.6) is 0 Å². The molecule has 0 unspecified atom stereocenters. The van der Waals surface area contributed by atoms with Gasteiger partial charge in [-0.1, -0.05) is 18.2 Å². The summed E-state index contributed by atoms with van der Waals surface area (Å²) in [6, 6.07) is 13.3. The van der Waals surface area contributed by atoms with Gasteiger partial charge in [0.05, 0.1) is 6.10 Å². The SMILES string of the molecule is C[C@H](N[C@@H]1CCC[C@@H]1O)c1cc(C(F)(F)F)c2oc(-c3cccc(-c4ccc(F)cc4-c4nncn4C)c3)nc2c1. The molecule has 1 saturated carbocycles. The molecule has 41 heavy (non-hydrogen) atoms. The molecule has 212 valence electrons. The van der Waals surface area contributed by atoms with Crippen LogP contribution in [-0.2, 0) is 13.2 Å². The van der Waals surface area contributed by atoms with Crippen molar-refractivity contribution in [3.63, 3.8) is 0 Å². The number of nitrogens with zero attached hydrogens (tertiary/aromatic N) is 4. The molecule has 2 N–H and O–H groups in total. The third kappa shape index (κ3) is 5.22. The maximum Gasteiger partial charge on any atom is 0.420 e. The van der Waals surface area contributed by atoms with E-state index in [1.807, 2.05) is 6.07 Å². The lowest BCUT2D eigenvalue weighted by Crippen LogP contribution is -2.37. The van der Waals surface area contributed by atoms with Crippen molar-refractivity contribution in [3.05, 3.63) is 77.9 Å². The Labute approximate surface area is 232 Å². The number of hydrogen-bond acceptors (Lipinski definition) is 6. The number of aromatic nitrogens is 4. The number of nitrogens with one attached hydrogen (secondary N) is 1. The maximum absolute atomic E-state index is 14.2. The molecule has 2 heterocycles. The summed E-state index contributed by atoms with van der Waals surface area (Å²) in [7, 11) is 1.75. The Morgan fingerprint density at radius 2 is 1.85 bits per heavy atom. The average molecular weight is 566 g/mol. The molecule has 1 aliphatic carbocycles. The van der Waals surface area contributed by atoms with E-state index < -0.39 is 29.7 Å². The third-order valence-electron chi connectivity index (χ3n) is 7.62. The molecule has 2 aromatic heterocycles. The van der Waals surface area contributed by atoms with E-state index in [2.05, 4.69) is 20.5 Å². The summed E-state index contributed by atoms with van der Waals surface area (Å²) in [5.41, 5.74) is 1.52. The highest BCUT2D eigenvalue weighted by atomic mass is 19.4. The number of hydrogen-bond donors (Lipinski definition) is 2. The van der Waals surface area contributed by atoms with Crippen molar-refractivity contribution in [2.24, 2.45) is 7.05 Å². The molecule has 0 bridgehead atoms. The first kappa shape index (κ1) is 27.1. The van der Waals surface area contributed by atoms with Crippen LogP contribution in [0.1, 0.15) is 43.4 Å². The Kier molecular flexibility index (Phi) is 6.87. The molecule has 0 aliphatic heterocycles. The highest BCUT2D eigenvalue weighted by Crippen LogP contribution is 2.40. The number of benzene rings is 3. The molecule has 3 atom stereocenters. The van der Waals surface area contributed by atoms with Gasteiger partial charge in [-0.3, -0.25) is 0 Å². The summed E-state index contributed by atoms with van der Waals surface area (Å²) >= 11 is 0. The van der Waals surface area contributed by atoms with E-state index >= 15 is 0 Å². The van der Waals surface area contributed by atoms with Crippen molar-refractivity contribution < 1.29 is 27.1 Å². The van der Waals surface area contributed by atoms with E-state index in [1.54, 1.807) is 48.9 Å². The molecule has 1 fully saturated rings. The van der Waals surface area contributed by atoms with Crippen molar-refractivity contribution in [3.8, 4) is 34.0 Å². The fourth-order valence-electron chi connectivity index (χ4n) is 5.49. The minimum absolute atomic E-state index is 0.0265. The average Bonchev–Trinajstić information content (AvgIpc) is 3.67. The van der Waals surface area contributed by atoms with Crippen LogP contribution in [0.3, 0.4) is 0 Å². The van der Waals surface area contributed by atoms with E-state index in [-0.39, 0.29) is 23.0 Å². The van der Waals surface area contributed by atoms with Gasteiger partial charge in [0, 0.05) is 30.3 Å². The molecule has 0 amide bonds. The summed E-state index contributed by atoms with van der Waals surface area (Å²) in [4.78, 5) is 4.45. The molecule has 7 nitrogen and oxygen atoms in total. The fraction of sp³-hybridized carbons (Fsp3) is 0.300. The van der Waals surface area contributed by atoms with Crippen LogP contribution in [0.4, 0.5) is 17.6 Å². The van der Waals surface area contributed by atoms with E-state index in [4.69, 9.17) is 4.42 Å². The molecule has 5 aromatic rings. The van der Waals surface area contributed by atoms with Crippen molar-refractivity contribution in [2.45, 2.75) is 50.6 Å². The molecular formula is C30H27F4N5O2. The Hall–Kier alpha value is -4.09. The summed E-state index contributed by atoms with van der Waals surface area (Å²) in [6.07, 6.45) is -1.39. The number of aliphatic hydroxyl groups excluding tert-OH is 1. The van der Waals surface area contributed by atoms with Gasteiger partial charge in [0.15, 0.2) is 11.4 Å². The predicted molar refractivity (Wildman–Crippen MR) is 145 cm³/mol. The molecule has 11 heteroatoms. The van der Waals surface area contributed by atoms with Gasteiger partial charge < -0.3 is 19.4 Å². The van der Waals surface area contributed by atoms with Crippen LogP contribution in [-0.4, -0.2) is 37.0 Å². The predicted octanol–water partition coefficient (Wildman–Crippen LogP) is 6.68. The van der Waals surface area contributed by atoms with E-state index in [0.717, 1.165) is 18.9 Å². The first-order valence-electron chi connectivity index (χ1n) is 13.3. The fourth-order valence-corrected chi connectivity index (χ4v) is 5.49. The van der Waals surface area contributed by atoms with Crippen molar-refractivity contribution in [1.82, 2.24) is 25.1 Å². The molecular weight excluding hydrogens is 538 g/mol. The van der Waals surface area contributed by atoms with Crippen molar-refractivity contribution in [1.29, 1.82) is 0 Å². The molecule has 6 rings (SSSR count). The molecule has 1 aliphatic rings. The highest BCUT2D eigenvalue weighted by Gasteiger charge is 2.36. The lowest BCUT2D eigenvalue weighted by molar-refractivity contribution is -0.136. The zero-order valence-electron chi connectivity index (χ0n) is 22.3. The second-order valence-electron chi connectivity index (χ2n) is 10.5. The lowest BCUT2D eigenvalue weighted by atomic mass is 9.97. The summed E-state index contributed by atoms with van der Waals surface area (Å²) in [5, 5.41) is 21.4. The summed E-state index contributed by atoms with van der Waals surface area (Å²) < 4.78 is 64.2. The Bertz CT molecular complexity index is 1730. The topological polar surface area (TPSA) is 89.0 Å². The maximum atomic E-state index is 14.2. The zero-order valence-corrected chi connectivity index (χ0v) is 22.3. The number of fused-ring (bicyclic) bond motifs is 1. The molecule has 0 radical (unpaired) electrons. The molecule has 3 aromatic carbocycles. The quantitative estimate of drug-likeness (QED) is 0.223. The first-order chi connectivity index (χ1) is 19.6. The Morgan fingerprint density at radius 3 is 2.56 bits per heavy atom. The van der Waals surface area contributed by atoms with Crippen LogP contribution in [0.15, 0.2) is 65.3 Å². The number of aryl methyl sites for hydroxylation is 1. The summed E-state index contributed by atoms with van der Waals surface area (Å²) in [5.74, 6) is 0.0455. The third-order valence-corrected chi connectivity index (χ3v) is 7.62. The highest BCUT2D eigenvalue weighted by molar-refractivity contribution is 5.84. The number of alkyl halides is 3. The monoisotopic (exact) mass is 565 g/mol. The van der Waals surface area contributed by atoms with Crippen molar-refractivity contribution >= 4 is 11.1 Å². The Balaban J connectivity index is 1.41. The van der Waals surface area contributed by atoms with E-state index in [1.165, 1.54) is 18.5 Å². The van der Waals surface area contributed by atoms with Gasteiger partial charge in [0.1, 0.15) is 23.2 Å². The first-order valence-corrected chi connectivity index (χ1v) is 13.3. The zero-order chi connectivity index (χ0) is 28.9. The molecule has 0 spiro atoms. The van der Waals surface area contributed by atoms with Gasteiger partial charge in [-0.05, 0) is 79.3 Å². The van der Waals surface area contributed by atoms with Gasteiger partial charge in [-0.2, -0.15) is 13.2 Å². The smallest absolute Gasteiger partial charge is 0.420 e. The number of rotatable bonds is 6. The second kappa shape index (κ2) is 10.4. The van der Waals surface area contributed by atoms with Crippen LogP contribution >= 0.6 is 0 Å². The van der Waals surface area contributed by atoms with Crippen LogP contribution in [0, 0.1) is 5.82 Å². The molecule has 0 saturated heterocycles. The normalized spacial score (nSPS) is 18.3. The number of aliphatic hydroxyl groups is 1. The summed E-state index contributed by atoms with van der Waals surface area (Å²) in [6.45, 7) is 1.77. The lowest BCUT2D eigenvalue weighted by Gasteiger charge is -2.23. The van der Waals surface area contributed by atoms with Crippen LogP contribution in [0.2, 0.25) is 0 Å². The van der Waals surface area contributed by atoms with Crippen LogP contribution < -0.4 is 5.32 Å². The van der Waals surface area contributed by atoms with Gasteiger partial charge in [0.2, 0.25) is 5.89 Å². The minimum Gasteiger partial charge on any atom is -0.435 e. The van der Waals surface area contributed by atoms with Gasteiger partial charge in [0.25, 0.3) is 0 Å². The minimum atomic E-state index is -4.67. The second-order valence-corrected chi connectivity index (χ2v) is 10.5. The van der Waals surface area contributed by atoms with Gasteiger partial charge >= 0.3 is 6.18 Å².